The second kappa shape index (κ2) is 36.0. The summed E-state index contributed by atoms with van der Waals surface area (Å²) < 4.78 is 39.2. The van der Waals surface area contributed by atoms with Gasteiger partial charge in [-0.05, 0) is 199 Å². The zero-order valence-electron chi connectivity index (χ0n) is 61.2. The molecule has 0 bridgehead atoms. The van der Waals surface area contributed by atoms with Crippen molar-refractivity contribution in [2.45, 2.75) is 84.0 Å². The highest BCUT2D eigenvalue weighted by molar-refractivity contribution is 7.69. The molecule has 25 heteroatoms. The Morgan fingerprint density at radius 2 is 0.850 bits per heavy atom. The first kappa shape index (κ1) is 80.2. The Kier molecular flexibility index (Phi) is 28.9. The second-order valence-electron chi connectivity index (χ2n) is 25.9. The summed E-state index contributed by atoms with van der Waals surface area (Å²) in [6.07, 6.45) is 10.8. The number of allylic oxidation sites excluding steroid dienone is 2. The molecule has 11 rings (SSSR count). The van der Waals surface area contributed by atoms with E-state index in [4.69, 9.17) is 23.5 Å². The molecule has 1 fully saturated rings. The number of rotatable bonds is 13. The number of hydrogen-bond acceptors (Lipinski definition) is 13. The lowest BCUT2D eigenvalue weighted by Crippen LogP contribution is -2.69. The molecule has 5 heterocycles. The predicted molar refractivity (Wildman–Crippen MR) is 399 cm³/mol. The predicted octanol–water partition coefficient (Wildman–Crippen LogP) is 7.86. The number of hydrogen-bond donors (Lipinski definition) is 2. The molecular formula is C75H100N11O12P2-. The lowest BCUT2D eigenvalue weighted by molar-refractivity contribution is -0.470. The monoisotopic (exact) mass is 1410 g/mol. The number of carbonyl (C=O) groups is 3. The van der Waals surface area contributed by atoms with Crippen molar-refractivity contribution < 1.29 is 52.3 Å². The molecule has 6 aromatic carbocycles. The van der Waals surface area contributed by atoms with Gasteiger partial charge in [0.1, 0.15) is 40.0 Å². The maximum Gasteiger partial charge on any atom is 0.355 e. The van der Waals surface area contributed by atoms with E-state index in [9.17, 15) is 44.1 Å². The summed E-state index contributed by atoms with van der Waals surface area (Å²) in [6, 6.07) is 35.4. The molecule has 0 amide bonds. The first-order valence-corrected chi connectivity index (χ1v) is 36.6. The molecule has 3 N–H and O–H groups in total. The van der Waals surface area contributed by atoms with Gasteiger partial charge in [0.05, 0.1) is 60.5 Å². The highest BCUT2D eigenvalue weighted by Crippen LogP contribution is 2.64. The molecule has 9 aromatic rings. The molecular weight excluding hydrogens is 1310 g/mol. The maximum absolute atomic E-state index is 12.4. The summed E-state index contributed by atoms with van der Waals surface area (Å²) in [6.45, 7) is 10.3. The number of fused-ring (bicyclic) bond motifs is 7. The Balaban J connectivity index is 0.000000193. The first-order valence-electron chi connectivity index (χ1n) is 33.3. The molecule has 3 unspecified atom stereocenters. The van der Waals surface area contributed by atoms with Crippen LogP contribution in [0.2, 0.25) is 0 Å². The number of aliphatic carboxylic acids is 3. The smallest absolute Gasteiger partial charge is 0.355 e. The number of para-hydroxylation sites is 3. The van der Waals surface area contributed by atoms with Crippen LogP contribution in [0.15, 0.2) is 171 Å². The molecule has 23 nitrogen and oxygen atoms in total. The van der Waals surface area contributed by atoms with Crippen LogP contribution in [-0.2, 0) is 14.4 Å². The van der Waals surface area contributed by atoms with Gasteiger partial charge in [-0.25, -0.2) is 14.1 Å². The van der Waals surface area contributed by atoms with Crippen molar-refractivity contribution in [2.24, 2.45) is 10.2 Å². The Bertz CT molecular complexity index is 4350. The zero-order chi connectivity index (χ0) is 74.1. The molecule has 0 spiro atoms. The van der Waals surface area contributed by atoms with Crippen LogP contribution in [0.1, 0.15) is 101 Å². The van der Waals surface area contributed by atoms with Gasteiger partial charge in [-0.3, -0.25) is 43.6 Å². The van der Waals surface area contributed by atoms with Crippen molar-refractivity contribution in [3.8, 4) is 0 Å². The summed E-state index contributed by atoms with van der Waals surface area (Å²) in [5, 5.41) is 35.4. The van der Waals surface area contributed by atoms with Crippen LogP contribution >= 0.6 is 15.0 Å². The van der Waals surface area contributed by atoms with Crippen molar-refractivity contribution in [2.75, 3.05) is 118 Å². The van der Waals surface area contributed by atoms with Crippen LogP contribution < -0.4 is 42.1 Å². The van der Waals surface area contributed by atoms with E-state index < -0.39 is 50.7 Å². The Hall–Kier alpha value is -8.79. The van der Waals surface area contributed by atoms with Crippen LogP contribution in [0, 0.1) is 0 Å². The summed E-state index contributed by atoms with van der Waals surface area (Å²) in [5.41, 5.74) is 11.2. The fourth-order valence-corrected chi connectivity index (χ4v) is 20.4. The van der Waals surface area contributed by atoms with E-state index in [0.717, 1.165) is 12.5 Å². The van der Waals surface area contributed by atoms with Crippen molar-refractivity contribution in [1.29, 1.82) is 0 Å². The first-order chi connectivity index (χ1) is 47.2. The number of carboxylic acids is 3. The minimum atomic E-state index is -1.96. The van der Waals surface area contributed by atoms with E-state index in [2.05, 4.69) is 116 Å². The number of nitrogens with zero attached hydrogens (tertiary/aromatic N) is 9. The van der Waals surface area contributed by atoms with E-state index in [1.54, 1.807) is 133 Å². The minimum Gasteiger partial charge on any atom is -0.550 e. The van der Waals surface area contributed by atoms with Crippen molar-refractivity contribution in [3.05, 3.63) is 187 Å². The van der Waals surface area contributed by atoms with Crippen LogP contribution in [0.3, 0.4) is 0 Å². The van der Waals surface area contributed by atoms with E-state index in [0.29, 0.717) is 82.5 Å². The topological polar surface area (TPSA) is 289 Å². The van der Waals surface area contributed by atoms with Gasteiger partial charge < -0.3 is 47.9 Å². The molecule has 1 saturated heterocycles. The minimum absolute atomic E-state index is 0.158. The summed E-state index contributed by atoms with van der Waals surface area (Å²) in [5.74, 6) is -5.07. The number of guanidine groups is 1. The van der Waals surface area contributed by atoms with Crippen LogP contribution in [-0.4, -0.2) is 180 Å². The molecule has 3 aromatic heterocycles. The number of benzene rings is 6. The average Bonchev–Trinajstić information content (AvgIpc) is 0.839. The SMILES string of the molecule is C1=C2CCCCCN2CCC1.CC(C(=O)[O-])c1ccc2oc3ccccc3c(=O)c2c1.CC(C(=O)[O-])c1ccc2oc3ccccc3c(=O)c2c1.CC(C(=O)[O-])c1ccc2oc3ccccc3c(=O)c2c1.CC[NH+]=P(N=P(N(C)C)(N(C)C)N(C)C)(N(C)C)N(C)C.CN(C)C(N)=[N+](C)C. The van der Waals surface area contributed by atoms with Gasteiger partial charge >= 0.3 is 13.5 Å². The third-order valence-electron chi connectivity index (χ3n) is 17.4. The van der Waals surface area contributed by atoms with E-state index >= 15 is 0 Å². The summed E-state index contributed by atoms with van der Waals surface area (Å²) >= 11 is 0. The quantitative estimate of drug-likeness (QED) is 0.0365. The van der Waals surface area contributed by atoms with Gasteiger partial charge in [-0.1, -0.05) is 87.9 Å². The van der Waals surface area contributed by atoms with E-state index in [-0.39, 0.29) is 16.3 Å². The molecule has 100 heavy (non-hydrogen) atoms. The van der Waals surface area contributed by atoms with Crippen LogP contribution in [0.5, 0.6) is 0 Å². The van der Waals surface area contributed by atoms with Crippen LogP contribution in [0.4, 0.5) is 0 Å². The largest absolute Gasteiger partial charge is 0.550 e. The molecule has 0 radical (unpaired) electrons. The average molecular weight is 1410 g/mol. The van der Waals surface area contributed by atoms with Gasteiger partial charge in [-0.2, -0.15) is 4.52 Å². The van der Waals surface area contributed by atoms with E-state index in [1.807, 2.05) is 37.7 Å². The molecule has 0 saturated carbocycles. The summed E-state index contributed by atoms with van der Waals surface area (Å²) in [7, 11) is 24.9. The van der Waals surface area contributed by atoms with Gasteiger partial charge in [0.25, 0.3) is 0 Å². The lowest BCUT2D eigenvalue weighted by Gasteiger charge is -2.42. The highest BCUT2D eigenvalue weighted by atomic mass is 31.2. The maximum atomic E-state index is 12.4. The fourth-order valence-electron chi connectivity index (χ4n) is 11.7. The Morgan fingerprint density at radius 1 is 0.510 bits per heavy atom. The molecule has 2 aliphatic heterocycles. The van der Waals surface area contributed by atoms with Crippen molar-refractivity contribution >= 4 is 105 Å². The standard InChI is InChI=1S/3C16H12O4.C12H35N7P2.C10H17N.C5H13N3/c3*1-9(16(18)19)10-6-7-14-12(8-10)15(17)11-4-2-3-5-13(11)20-14;1-12-13-20(15(2)3,16(4)5)14-21(17(6)7,18(8)9)19(10)11;1-2-6-10-7-3-5-9-11(10)8-4-1;1-7(2)5(6)8(3)4/h3*2-9H,1H3,(H,18,19);12H2,1-11H3;7H,1-6,8-9H2;6H,1-4H3/p-1. The number of carboxylic acid groups (broad SMARTS) is 3. The molecule has 3 atom stereocenters. The fraction of sp³-hybridized carbons (Fsp3) is 0.400. The van der Waals surface area contributed by atoms with Crippen molar-refractivity contribution in [1.82, 2.24) is 33.2 Å². The number of nitrogens with two attached hydrogens (primary N) is 1. The lowest BCUT2D eigenvalue weighted by atomic mass is 9.99. The normalized spacial score (nSPS) is 14.0. The summed E-state index contributed by atoms with van der Waals surface area (Å²) in [4.78, 5) is 74.4. The second-order valence-corrected chi connectivity index (χ2v) is 33.1. The zero-order valence-corrected chi connectivity index (χ0v) is 63.0. The third kappa shape index (κ3) is 19.2. The Morgan fingerprint density at radius 3 is 1.15 bits per heavy atom. The molecule has 2 aliphatic rings. The number of nitrogens with one attached hydrogen (secondary N) is 1. The van der Waals surface area contributed by atoms with Crippen LogP contribution in [0.25, 0.3) is 65.8 Å². The molecule has 538 valence electrons. The third-order valence-corrected chi connectivity index (χ3v) is 25.5. The van der Waals surface area contributed by atoms with Gasteiger partial charge in [-0.15, -0.1) is 0 Å². The number of carbonyl (C=O) groups excluding carboxylic acids is 3. The van der Waals surface area contributed by atoms with Crippen molar-refractivity contribution in [3.63, 3.8) is 0 Å². The van der Waals surface area contributed by atoms with Gasteiger partial charge in [0.15, 0.2) is 7.51 Å². The van der Waals surface area contributed by atoms with E-state index in [1.165, 1.54) is 72.4 Å². The Labute approximate surface area is 586 Å². The van der Waals surface area contributed by atoms with Gasteiger partial charge in [0, 0.05) is 54.4 Å². The van der Waals surface area contributed by atoms with Gasteiger partial charge in [0.2, 0.25) is 16.3 Å². The highest BCUT2D eigenvalue weighted by Gasteiger charge is 2.39. The molecule has 0 aliphatic carbocycles.